The summed E-state index contributed by atoms with van der Waals surface area (Å²) in [6, 6.07) is 14.6. The van der Waals surface area contributed by atoms with Crippen LogP contribution in [0.4, 0.5) is 11.5 Å². The highest BCUT2D eigenvalue weighted by atomic mass is 79.9. The number of nitrogens with one attached hydrogen (secondary N) is 1. The summed E-state index contributed by atoms with van der Waals surface area (Å²) in [5.74, 6) is 0.837. The monoisotopic (exact) mass is 409 g/mol. The first-order valence-corrected chi connectivity index (χ1v) is 9.61. The second-order valence-electron chi connectivity index (χ2n) is 6.00. The first-order chi connectivity index (χ1) is 12.1. The second-order valence-corrected chi connectivity index (χ2v) is 7.78. The van der Waals surface area contributed by atoms with Crippen molar-refractivity contribution in [2.45, 2.75) is 13.8 Å². The summed E-state index contributed by atoms with van der Waals surface area (Å²) in [5.41, 5.74) is 5.94. The average Bonchev–Trinajstić information content (AvgIpc) is 3.02. The molecule has 4 rings (SSSR count). The maximum absolute atomic E-state index is 4.50. The van der Waals surface area contributed by atoms with Crippen molar-refractivity contribution in [1.82, 2.24) is 9.97 Å². The van der Waals surface area contributed by atoms with Crippen LogP contribution in [0.2, 0.25) is 0 Å². The van der Waals surface area contributed by atoms with Crippen molar-refractivity contribution in [3.63, 3.8) is 0 Å². The Bertz CT molecular complexity index is 1050. The predicted molar refractivity (Wildman–Crippen MR) is 110 cm³/mol. The summed E-state index contributed by atoms with van der Waals surface area (Å²) in [7, 11) is 0. The highest BCUT2D eigenvalue weighted by Gasteiger charge is 2.14. The van der Waals surface area contributed by atoms with Crippen molar-refractivity contribution >= 4 is 49.0 Å². The van der Waals surface area contributed by atoms with Gasteiger partial charge in [-0.15, -0.1) is 11.3 Å². The van der Waals surface area contributed by atoms with Gasteiger partial charge in [-0.2, -0.15) is 0 Å². The Labute approximate surface area is 158 Å². The highest BCUT2D eigenvalue weighted by molar-refractivity contribution is 9.10. The van der Waals surface area contributed by atoms with E-state index in [4.69, 9.17) is 0 Å². The van der Waals surface area contributed by atoms with Crippen LogP contribution in [0, 0.1) is 13.8 Å². The third-order valence-corrected chi connectivity index (χ3v) is 5.56. The van der Waals surface area contributed by atoms with Crippen molar-refractivity contribution in [2.24, 2.45) is 0 Å². The lowest BCUT2D eigenvalue weighted by Gasteiger charge is -2.10. The molecule has 0 aliphatic carbocycles. The van der Waals surface area contributed by atoms with Gasteiger partial charge in [-0.3, -0.25) is 0 Å². The zero-order valence-electron chi connectivity index (χ0n) is 13.9. The SMILES string of the molecule is Cc1ccc(-c2csc3ncnc(Nc4ccc(Br)cc4)c23)c(C)c1. The van der Waals surface area contributed by atoms with Crippen LogP contribution < -0.4 is 5.32 Å². The van der Waals surface area contributed by atoms with Crippen LogP contribution in [-0.2, 0) is 0 Å². The van der Waals surface area contributed by atoms with Gasteiger partial charge in [0.15, 0.2) is 0 Å². The van der Waals surface area contributed by atoms with Crippen LogP contribution in [0.5, 0.6) is 0 Å². The molecule has 0 atom stereocenters. The minimum atomic E-state index is 0.837. The lowest BCUT2D eigenvalue weighted by atomic mass is 9.99. The molecule has 4 aromatic rings. The van der Waals surface area contributed by atoms with E-state index < -0.39 is 0 Å². The summed E-state index contributed by atoms with van der Waals surface area (Å²) in [6.07, 6.45) is 1.62. The van der Waals surface area contributed by atoms with Crippen molar-refractivity contribution in [3.8, 4) is 11.1 Å². The molecule has 0 saturated carbocycles. The van der Waals surface area contributed by atoms with E-state index in [2.05, 4.69) is 68.6 Å². The fourth-order valence-electron chi connectivity index (χ4n) is 2.95. The number of hydrogen-bond donors (Lipinski definition) is 1. The van der Waals surface area contributed by atoms with Gasteiger partial charge in [0.2, 0.25) is 0 Å². The predicted octanol–water partition coefficient (Wildman–Crippen LogP) is 6.48. The molecule has 3 nitrogen and oxygen atoms in total. The quantitative estimate of drug-likeness (QED) is 0.420. The molecule has 0 bridgehead atoms. The minimum absolute atomic E-state index is 0.837. The maximum atomic E-state index is 4.50. The molecule has 0 fully saturated rings. The number of anilines is 2. The van der Waals surface area contributed by atoms with E-state index in [0.717, 1.165) is 26.2 Å². The Hall–Kier alpha value is -2.24. The van der Waals surface area contributed by atoms with Gasteiger partial charge in [-0.05, 0) is 49.2 Å². The number of aryl methyl sites for hydroxylation is 2. The molecule has 5 heteroatoms. The standard InChI is InChI=1S/C20H16BrN3S/c1-12-3-8-16(13(2)9-12)17-10-25-20-18(17)19(22-11-23-20)24-15-6-4-14(21)5-7-15/h3-11H,1-2H3,(H,22,23,24). The molecule has 2 aromatic heterocycles. The first-order valence-electron chi connectivity index (χ1n) is 7.94. The van der Waals surface area contributed by atoms with E-state index in [0.29, 0.717) is 0 Å². The molecule has 0 unspecified atom stereocenters. The van der Waals surface area contributed by atoms with Crippen LogP contribution in [0.3, 0.4) is 0 Å². The molecule has 0 spiro atoms. The van der Waals surface area contributed by atoms with Crippen LogP contribution in [-0.4, -0.2) is 9.97 Å². The largest absolute Gasteiger partial charge is 0.340 e. The highest BCUT2D eigenvalue weighted by Crippen LogP contribution is 2.38. The summed E-state index contributed by atoms with van der Waals surface area (Å²) in [6.45, 7) is 4.27. The number of thiophene rings is 1. The Kier molecular flexibility index (Phi) is 4.27. The van der Waals surface area contributed by atoms with E-state index >= 15 is 0 Å². The number of nitrogens with zero attached hydrogens (tertiary/aromatic N) is 2. The van der Waals surface area contributed by atoms with Gasteiger partial charge >= 0.3 is 0 Å². The first kappa shape index (κ1) is 16.2. The maximum Gasteiger partial charge on any atom is 0.143 e. The number of benzene rings is 2. The van der Waals surface area contributed by atoms with Crippen LogP contribution in [0.25, 0.3) is 21.3 Å². The summed E-state index contributed by atoms with van der Waals surface area (Å²) in [4.78, 5) is 9.94. The van der Waals surface area contributed by atoms with Crippen LogP contribution in [0.1, 0.15) is 11.1 Å². The topological polar surface area (TPSA) is 37.8 Å². The minimum Gasteiger partial charge on any atom is -0.340 e. The number of fused-ring (bicyclic) bond motifs is 1. The van der Waals surface area contributed by atoms with E-state index in [-0.39, 0.29) is 0 Å². The van der Waals surface area contributed by atoms with E-state index in [1.165, 1.54) is 22.3 Å². The third-order valence-electron chi connectivity index (χ3n) is 4.15. The Morgan fingerprint density at radius 3 is 2.52 bits per heavy atom. The molecule has 124 valence electrons. The molecule has 2 heterocycles. The number of aromatic nitrogens is 2. The van der Waals surface area contributed by atoms with Crippen LogP contribution in [0.15, 0.2) is 58.6 Å². The molecular formula is C20H16BrN3S. The number of rotatable bonds is 3. The van der Waals surface area contributed by atoms with E-state index in [1.807, 2.05) is 24.3 Å². The van der Waals surface area contributed by atoms with Gasteiger partial charge < -0.3 is 5.32 Å². The van der Waals surface area contributed by atoms with Gasteiger partial charge in [-0.1, -0.05) is 39.7 Å². The third kappa shape index (κ3) is 3.17. The van der Waals surface area contributed by atoms with Crippen LogP contribution >= 0.6 is 27.3 Å². The van der Waals surface area contributed by atoms with Gasteiger partial charge in [0.1, 0.15) is 17.0 Å². The van der Waals surface area contributed by atoms with Gasteiger partial charge in [0.05, 0.1) is 5.39 Å². The van der Waals surface area contributed by atoms with Gasteiger partial charge in [0, 0.05) is 21.1 Å². The lowest BCUT2D eigenvalue weighted by molar-refractivity contribution is 1.23. The Morgan fingerprint density at radius 1 is 0.960 bits per heavy atom. The van der Waals surface area contributed by atoms with E-state index in [1.54, 1.807) is 17.7 Å². The lowest BCUT2D eigenvalue weighted by Crippen LogP contribution is -1.95. The molecule has 0 aliphatic heterocycles. The normalized spacial score (nSPS) is 11.0. The molecule has 0 aliphatic rings. The molecular weight excluding hydrogens is 394 g/mol. The fourth-order valence-corrected chi connectivity index (χ4v) is 4.12. The molecule has 2 aromatic carbocycles. The number of hydrogen-bond acceptors (Lipinski definition) is 4. The van der Waals surface area contributed by atoms with Gasteiger partial charge in [-0.25, -0.2) is 9.97 Å². The summed E-state index contributed by atoms with van der Waals surface area (Å²) >= 11 is 5.12. The van der Waals surface area contributed by atoms with Crippen molar-refractivity contribution in [3.05, 3.63) is 69.8 Å². The van der Waals surface area contributed by atoms with E-state index in [9.17, 15) is 0 Å². The smallest absolute Gasteiger partial charge is 0.143 e. The molecule has 0 radical (unpaired) electrons. The zero-order chi connectivity index (χ0) is 17.4. The second kappa shape index (κ2) is 6.58. The summed E-state index contributed by atoms with van der Waals surface area (Å²) < 4.78 is 1.05. The molecule has 0 saturated heterocycles. The molecule has 1 N–H and O–H groups in total. The average molecular weight is 410 g/mol. The van der Waals surface area contributed by atoms with Crippen molar-refractivity contribution in [1.29, 1.82) is 0 Å². The Balaban J connectivity index is 1.85. The molecule has 0 amide bonds. The van der Waals surface area contributed by atoms with Gasteiger partial charge in [0.25, 0.3) is 0 Å². The number of halogens is 1. The van der Waals surface area contributed by atoms with Crippen molar-refractivity contribution < 1.29 is 0 Å². The fraction of sp³-hybridized carbons (Fsp3) is 0.100. The summed E-state index contributed by atoms with van der Waals surface area (Å²) in [5, 5.41) is 6.68. The molecule has 25 heavy (non-hydrogen) atoms. The Morgan fingerprint density at radius 2 is 1.76 bits per heavy atom. The zero-order valence-corrected chi connectivity index (χ0v) is 16.3. The van der Waals surface area contributed by atoms with Crippen molar-refractivity contribution in [2.75, 3.05) is 5.32 Å².